The topological polar surface area (TPSA) is 35.8 Å². The van der Waals surface area contributed by atoms with E-state index in [1.165, 1.54) is 37.9 Å². The van der Waals surface area contributed by atoms with Gasteiger partial charge in [-0.2, -0.15) is 17.0 Å². The lowest BCUT2D eigenvalue weighted by molar-refractivity contribution is 0.351. The van der Waals surface area contributed by atoms with E-state index in [9.17, 15) is 0 Å². The van der Waals surface area contributed by atoms with Crippen LogP contribution in [0.3, 0.4) is 0 Å². The van der Waals surface area contributed by atoms with Crippen LogP contribution in [0.5, 0.6) is 0 Å². The average Bonchev–Trinajstić information content (AvgIpc) is 2.29. The molecule has 0 heterocycles. The van der Waals surface area contributed by atoms with Crippen LogP contribution in [0.1, 0.15) is 44.9 Å². The van der Waals surface area contributed by atoms with Crippen molar-refractivity contribution in [1.82, 2.24) is 5.32 Å². The lowest BCUT2D eigenvalue weighted by atomic mass is 9.94. The molecule has 0 saturated heterocycles. The molecule has 1 aliphatic carbocycles. The number of hydrogen-bond donors (Lipinski definition) is 1. The van der Waals surface area contributed by atoms with Gasteiger partial charge in [0, 0.05) is 6.04 Å². The van der Waals surface area contributed by atoms with Crippen LogP contribution in [-0.4, -0.2) is 24.1 Å². The normalized spacial score (nSPS) is 19.7. The number of nitrogens with one attached hydrogen (secondary N) is 1. The summed E-state index contributed by atoms with van der Waals surface area (Å²) in [6, 6.07) is 3.08. The van der Waals surface area contributed by atoms with Gasteiger partial charge < -0.3 is 0 Å². The first-order valence-electron chi connectivity index (χ1n) is 6.01. The predicted octanol–water partition coefficient (Wildman–Crippen LogP) is 2.94. The van der Waals surface area contributed by atoms with Crippen LogP contribution in [0.4, 0.5) is 0 Å². The van der Waals surface area contributed by atoms with Crippen LogP contribution in [0, 0.1) is 11.3 Å². The highest BCUT2D eigenvalue weighted by molar-refractivity contribution is 7.98. The van der Waals surface area contributed by atoms with Gasteiger partial charge in [0.25, 0.3) is 0 Å². The highest BCUT2D eigenvalue weighted by atomic mass is 32.2. The quantitative estimate of drug-likeness (QED) is 0.707. The lowest BCUT2D eigenvalue weighted by Gasteiger charge is -2.25. The second-order valence-electron chi connectivity index (χ2n) is 4.32. The molecule has 1 N–H and O–H groups in total. The van der Waals surface area contributed by atoms with Crippen molar-refractivity contribution >= 4 is 11.8 Å². The van der Waals surface area contributed by atoms with Gasteiger partial charge in [0.05, 0.1) is 12.1 Å². The lowest BCUT2D eigenvalue weighted by Crippen LogP contribution is -2.38. The second-order valence-corrected chi connectivity index (χ2v) is 5.30. The molecule has 0 amide bonds. The van der Waals surface area contributed by atoms with Crippen LogP contribution in [0.25, 0.3) is 0 Å². The van der Waals surface area contributed by atoms with Gasteiger partial charge in [-0.1, -0.05) is 19.3 Å². The van der Waals surface area contributed by atoms with E-state index in [0.29, 0.717) is 6.04 Å². The monoisotopic (exact) mass is 226 g/mol. The van der Waals surface area contributed by atoms with Gasteiger partial charge in [-0.25, -0.2) is 0 Å². The van der Waals surface area contributed by atoms with E-state index in [-0.39, 0.29) is 6.04 Å². The van der Waals surface area contributed by atoms with E-state index < -0.39 is 0 Å². The molecular weight excluding hydrogens is 204 g/mol. The van der Waals surface area contributed by atoms with Gasteiger partial charge in [0.1, 0.15) is 0 Å². The van der Waals surface area contributed by atoms with Gasteiger partial charge in [0.2, 0.25) is 0 Å². The van der Waals surface area contributed by atoms with Crippen LogP contribution < -0.4 is 5.32 Å². The van der Waals surface area contributed by atoms with Crippen molar-refractivity contribution in [2.75, 3.05) is 12.0 Å². The number of hydrogen-bond acceptors (Lipinski definition) is 3. The molecule has 1 atom stereocenters. The summed E-state index contributed by atoms with van der Waals surface area (Å²) in [6.07, 6.45) is 10.9. The number of rotatable bonds is 6. The van der Waals surface area contributed by atoms with Crippen molar-refractivity contribution in [1.29, 1.82) is 5.26 Å². The van der Waals surface area contributed by atoms with Gasteiger partial charge in [0.15, 0.2) is 0 Å². The first kappa shape index (κ1) is 12.9. The van der Waals surface area contributed by atoms with E-state index in [1.807, 2.05) is 11.8 Å². The zero-order valence-corrected chi connectivity index (χ0v) is 10.5. The van der Waals surface area contributed by atoms with E-state index in [4.69, 9.17) is 5.26 Å². The predicted molar refractivity (Wildman–Crippen MR) is 67.0 cm³/mol. The molecule has 2 nitrogen and oxygen atoms in total. The van der Waals surface area contributed by atoms with Crippen molar-refractivity contribution in [2.24, 2.45) is 0 Å². The zero-order valence-electron chi connectivity index (χ0n) is 9.67. The van der Waals surface area contributed by atoms with Crippen molar-refractivity contribution in [2.45, 2.75) is 57.0 Å². The first-order chi connectivity index (χ1) is 7.36. The molecule has 1 unspecified atom stereocenters. The molecule has 1 rings (SSSR count). The van der Waals surface area contributed by atoms with Crippen LogP contribution in [0.15, 0.2) is 0 Å². The summed E-state index contributed by atoms with van der Waals surface area (Å²) in [4.78, 5) is 0. The molecule has 86 valence electrons. The third kappa shape index (κ3) is 5.44. The van der Waals surface area contributed by atoms with Gasteiger partial charge in [-0.05, 0) is 37.7 Å². The molecule has 1 fully saturated rings. The smallest absolute Gasteiger partial charge is 0.0955 e. The molecule has 0 aliphatic heterocycles. The Morgan fingerprint density at radius 2 is 2.13 bits per heavy atom. The van der Waals surface area contributed by atoms with Gasteiger partial charge in [-0.3, -0.25) is 5.32 Å². The fraction of sp³-hybridized carbons (Fsp3) is 0.917. The summed E-state index contributed by atoms with van der Waals surface area (Å²) in [6.45, 7) is 0. The Balaban J connectivity index is 2.17. The largest absolute Gasteiger partial charge is 0.299 e. The summed E-state index contributed by atoms with van der Waals surface area (Å²) < 4.78 is 0. The molecular formula is C12H22N2S. The molecule has 1 saturated carbocycles. The maximum atomic E-state index is 9.04. The third-order valence-corrected chi connectivity index (χ3v) is 3.74. The van der Waals surface area contributed by atoms with E-state index in [0.717, 1.165) is 12.8 Å². The molecule has 0 bridgehead atoms. The van der Waals surface area contributed by atoms with Crippen molar-refractivity contribution in [3.05, 3.63) is 0 Å². The highest BCUT2D eigenvalue weighted by Gasteiger charge is 2.16. The molecule has 0 aromatic rings. The number of nitriles is 1. The molecule has 0 aromatic heterocycles. The van der Waals surface area contributed by atoms with E-state index >= 15 is 0 Å². The molecule has 0 radical (unpaired) electrons. The third-order valence-electron chi connectivity index (χ3n) is 3.04. The van der Waals surface area contributed by atoms with Crippen LogP contribution >= 0.6 is 11.8 Å². The maximum Gasteiger partial charge on any atom is 0.0955 e. The Bertz CT molecular complexity index is 194. The summed E-state index contributed by atoms with van der Waals surface area (Å²) in [5.74, 6) is 1.17. The molecule has 1 aliphatic rings. The summed E-state index contributed by atoms with van der Waals surface area (Å²) >= 11 is 1.86. The summed E-state index contributed by atoms with van der Waals surface area (Å²) in [5.41, 5.74) is 0. The van der Waals surface area contributed by atoms with Crippen LogP contribution in [0.2, 0.25) is 0 Å². The Labute approximate surface area is 97.8 Å². The maximum absolute atomic E-state index is 9.04. The molecule has 3 heteroatoms. The Hall–Kier alpha value is -0.200. The van der Waals surface area contributed by atoms with Crippen LogP contribution in [-0.2, 0) is 0 Å². The SMILES string of the molecule is CSCCCC(C#N)NC1CCCCC1. The minimum Gasteiger partial charge on any atom is -0.299 e. The molecule has 15 heavy (non-hydrogen) atoms. The number of thioether (sulfide) groups is 1. The Kier molecular flexibility index (Phi) is 6.87. The number of nitrogens with zero attached hydrogens (tertiary/aromatic N) is 1. The summed E-state index contributed by atoms with van der Waals surface area (Å²) in [5, 5.41) is 12.5. The fourth-order valence-corrected chi connectivity index (χ4v) is 2.63. The molecule has 0 aromatic carbocycles. The average molecular weight is 226 g/mol. The van der Waals surface area contributed by atoms with Crippen molar-refractivity contribution in [3.8, 4) is 6.07 Å². The Morgan fingerprint density at radius 3 is 2.73 bits per heavy atom. The van der Waals surface area contributed by atoms with Crippen molar-refractivity contribution in [3.63, 3.8) is 0 Å². The second kappa shape index (κ2) is 8.01. The minimum atomic E-state index is 0.0836. The first-order valence-corrected chi connectivity index (χ1v) is 7.41. The Morgan fingerprint density at radius 1 is 1.40 bits per heavy atom. The van der Waals surface area contributed by atoms with Gasteiger partial charge >= 0.3 is 0 Å². The van der Waals surface area contributed by atoms with Gasteiger partial charge in [-0.15, -0.1) is 0 Å². The standard InChI is InChI=1S/C12H22N2S/c1-15-9-5-8-12(10-13)14-11-6-3-2-4-7-11/h11-12,14H,2-9H2,1H3. The van der Waals surface area contributed by atoms with Crippen molar-refractivity contribution < 1.29 is 0 Å². The summed E-state index contributed by atoms with van der Waals surface area (Å²) in [7, 11) is 0. The fourth-order valence-electron chi connectivity index (χ4n) is 2.17. The van der Waals surface area contributed by atoms with E-state index in [1.54, 1.807) is 0 Å². The van der Waals surface area contributed by atoms with E-state index in [2.05, 4.69) is 17.6 Å². The minimum absolute atomic E-state index is 0.0836. The molecule has 0 spiro atoms. The highest BCUT2D eigenvalue weighted by Crippen LogP contribution is 2.18. The zero-order chi connectivity index (χ0) is 10.9.